The Hall–Kier alpha value is -3.02. The molecule has 26 heavy (non-hydrogen) atoms. The van der Waals surface area contributed by atoms with Gasteiger partial charge >= 0.3 is 0 Å². The summed E-state index contributed by atoms with van der Waals surface area (Å²) in [5.41, 5.74) is 1.35. The average molecular weight is 352 g/mol. The van der Waals surface area contributed by atoms with Crippen molar-refractivity contribution in [3.8, 4) is 0 Å². The molecule has 0 fully saturated rings. The smallest absolute Gasteiger partial charge is 0.289 e. The summed E-state index contributed by atoms with van der Waals surface area (Å²) in [4.78, 5) is 21.2. The molecule has 3 aromatic rings. The van der Waals surface area contributed by atoms with Gasteiger partial charge in [0.1, 0.15) is 11.6 Å². The van der Waals surface area contributed by atoms with Crippen molar-refractivity contribution in [2.45, 2.75) is 20.3 Å². The minimum atomic E-state index is -0.312. The summed E-state index contributed by atoms with van der Waals surface area (Å²) >= 11 is 0. The van der Waals surface area contributed by atoms with Crippen molar-refractivity contribution >= 4 is 28.3 Å². The van der Waals surface area contributed by atoms with E-state index in [2.05, 4.69) is 34.4 Å². The van der Waals surface area contributed by atoms with Crippen LogP contribution in [0.2, 0.25) is 0 Å². The standard InChI is InChI=1S/C20H21FN4O/c1-13(2)11-12-22-20(26)19-24-17-6-4-3-5-16(17)18(25-19)23-15-9-7-14(21)8-10-15/h3-10,13H,11-12H2,1-2H3,(H,22,26)(H,23,24,25). The van der Waals surface area contributed by atoms with E-state index in [1.807, 2.05) is 24.3 Å². The predicted molar refractivity (Wildman–Crippen MR) is 101 cm³/mol. The maximum Gasteiger partial charge on any atom is 0.289 e. The predicted octanol–water partition coefficient (Wildman–Crippen LogP) is 4.29. The van der Waals surface area contributed by atoms with Gasteiger partial charge < -0.3 is 10.6 Å². The van der Waals surface area contributed by atoms with Gasteiger partial charge in [0.15, 0.2) is 0 Å². The maximum atomic E-state index is 13.1. The third-order valence-electron chi connectivity index (χ3n) is 3.92. The van der Waals surface area contributed by atoms with Crippen LogP contribution in [0.5, 0.6) is 0 Å². The minimum Gasteiger partial charge on any atom is -0.349 e. The van der Waals surface area contributed by atoms with Gasteiger partial charge in [0.05, 0.1) is 5.52 Å². The number of rotatable bonds is 6. The molecule has 1 amide bonds. The molecule has 1 aromatic heterocycles. The van der Waals surface area contributed by atoms with Crippen LogP contribution >= 0.6 is 0 Å². The second-order valence-corrected chi connectivity index (χ2v) is 6.48. The maximum absolute atomic E-state index is 13.1. The summed E-state index contributed by atoms with van der Waals surface area (Å²) in [5, 5.41) is 6.79. The van der Waals surface area contributed by atoms with E-state index >= 15 is 0 Å². The summed E-state index contributed by atoms with van der Waals surface area (Å²) in [6, 6.07) is 13.4. The van der Waals surface area contributed by atoms with Gasteiger partial charge in [-0.2, -0.15) is 0 Å². The number of carbonyl (C=O) groups excluding carboxylic acids is 1. The highest BCUT2D eigenvalue weighted by atomic mass is 19.1. The van der Waals surface area contributed by atoms with Crippen LogP contribution in [0.15, 0.2) is 48.5 Å². The fourth-order valence-electron chi connectivity index (χ4n) is 2.50. The molecule has 6 heteroatoms. The summed E-state index contributed by atoms with van der Waals surface area (Å²) < 4.78 is 13.1. The van der Waals surface area contributed by atoms with Crippen LogP contribution in [0, 0.1) is 11.7 Å². The van der Waals surface area contributed by atoms with Crippen LogP contribution in [-0.2, 0) is 0 Å². The van der Waals surface area contributed by atoms with Gasteiger partial charge in [0, 0.05) is 17.6 Å². The number of nitrogens with one attached hydrogen (secondary N) is 2. The number of nitrogens with zero attached hydrogens (tertiary/aromatic N) is 2. The molecule has 0 aliphatic rings. The van der Waals surface area contributed by atoms with Crippen LogP contribution < -0.4 is 10.6 Å². The first-order chi connectivity index (χ1) is 12.5. The van der Waals surface area contributed by atoms with E-state index in [1.165, 1.54) is 12.1 Å². The number of carbonyl (C=O) groups is 1. The van der Waals surface area contributed by atoms with Crippen molar-refractivity contribution in [3.05, 3.63) is 60.2 Å². The zero-order chi connectivity index (χ0) is 18.5. The first-order valence-corrected chi connectivity index (χ1v) is 8.60. The van der Waals surface area contributed by atoms with Gasteiger partial charge in [-0.05, 0) is 48.7 Å². The number of fused-ring (bicyclic) bond motifs is 1. The quantitative estimate of drug-likeness (QED) is 0.694. The van der Waals surface area contributed by atoms with Gasteiger partial charge in [0.2, 0.25) is 5.82 Å². The average Bonchev–Trinajstić information content (AvgIpc) is 2.63. The number of hydrogen-bond acceptors (Lipinski definition) is 4. The van der Waals surface area contributed by atoms with Gasteiger partial charge in [-0.15, -0.1) is 0 Å². The van der Waals surface area contributed by atoms with Crippen LogP contribution in [0.25, 0.3) is 10.9 Å². The normalized spacial score (nSPS) is 10.9. The Labute approximate surface area is 151 Å². The zero-order valence-electron chi connectivity index (χ0n) is 14.8. The second-order valence-electron chi connectivity index (χ2n) is 6.48. The Bertz CT molecular complexity index is 909. The Morgan fingerprint density at radius 3 is 2.54 bits per heavy atom. The molecule has 0 spiro atoms. The van der Waals surface area contributed by atoms with Crippen LogP contribution in [0.1, 0.15) is 30.9 Å². The topological polar surface area (TPSA) is 66.9 Å². The van der Waals surface area contributed by atoms with Gasteiger partial charge in [0.25, 0.3) is 5.91 Å². The summed E-state index contributed by atoms with van der Waals surface area (Å²) in [7, 11) is 0. The van der Waals surface area contributed by atoms with E-state index in [0.717, 1.165) is 11.8 Å². The van der Waals surface area contributed by atoms with E-state index in [-0.39, 0.29) is 17.5 Å². The van der Waals surface area contributed by atoms with E-state index in [9.17, 15) is 9.18 Å². The number of aromatic nitrogens is 2. The lowest BCUT2D eigenvalue weighted by atomic mass is 10.1. The van der Waals surface area contributed by atoms with Crippen LogP contribution in [-0.4, -0.2) is 22.4 Å². The molecule has 0 saturated heterocycles. The lowest BCUT2D eigenvalue weighted by molar-refractivity contribution is 0.0942. The van der Waals surface area contributed by atoms with E-state index in [1.54, 1.807) is 12.1 Å². The molecular formula is C20H21FN4O. The molecule has 2 N–H and O–H groups in total. The Balaban J connectivity index is 1.90. The molecule has 0 unspecified atom stereocenters. The minimum absolute atomic E-state index is 0.108. The molecular weight excluding hydrogens is 331 g/mol. The molecule has 0 atom stereocenters. The van der Waals surface area contributed by atoms with Crippen LogP contribution in [0.3, 0.4) is 0 Å². The molecule has 3 rings (SSSR count). The highest BCUT2D eigenvalue weighted by Crippen LogP contribution is 2.24. The molecule has 0 aliphatic carbocycles. The molecule has 1 heterocycles. The number of amides is 1. The highest BCUT2D eigenvalue weighted by molar-refractivity contribution is 5.97. The summed E-state index contributed by atoms with van der Waals surface area (Å²) in [5.74, 6) is 0.503. The molecule has 0 aliphatic heterocycles. The van der Waals surface area contributed by atoms with Crippen molar-refractivity contribution < 1.29 is 9.18 Å². The fraction of sp³-hybridized carbons (Fsp3) is 0.250. The van der Waals surface area contributed by atoms with Crippen molar-refractivity contribution in [1.82, 2.24) is 15.3 Å². The lowest BCUT2D eigenvalue weighted by Gasteiger charge is -2.11. The Kier molecular flexibility index (Phi) is 5.41. The summed E-state index contributed by atoms with van der Waals surface area (Å²) in [6.45, 7) is 4.78. The van der Waals surface area contributed by atoms with Crippen molar-refractivity contribution in [3.63, 3.8) is 0 Å². The first kappa shape index (κ1) is 17.8. The zero-order valence-corrected chi connectivity index (χ0v) is 14.8. The third kappa shape index (κ3) is 4.33. The lowest BCUT2D eigenvalue weighted by Crippen LogP contribution is -2.27. The van der Waals surface area contributed by atoms with E-state index in [0.29, 0.717) is 29.5 Å². The molecule has 2 aromatic carbocycles. The number of para-hydroxylation sites is 1. The van der Waals surface area contributed by atoms with Crippen molar-refractivity contribution in [2.75, 3.05) is 11.9 Å². The van der Waals surface area contributed by atoms with E-state index in [4.69, 9.17) is 0 Å². The van der Waals surface area contributed by atoms with Crippen LogP contribution in [0.4, 0.5) is 15.9 Å². The Morgan fingerprint density at radius 2 is 1.81 bits per heavy atom. The van der Waals surface area contributed by atoms with Gasteiger partial charge in [-0.1, -0.05) is 26.0 Å². The monoisotopic (exact) mass is 352 g/mol. The van der Waals surface area contributed by atoms with E-state index < -0.39 is 0 Å². The molecule has 5 nitrogen and oxygen atoms in total. The first-order valence-electron chi connectivity index (χ1n) is 8.60. The van der Waals surface area contributed by atoms with Gasteiger partial charge in [-0.3, -0.25) is 4.79 Å². The SMILES string of the molecule is CC(C)CCNC(=O)c1nc(Nc2ccc(F)cc2)c2ccccc2n1. The summed E-state index contributed by atoms with van der Waals surface area (Å²) in [6.07, 6.45) is 0.889. The number of halogens is 1. The molecule has 0 radical (unpaired) electrons. The number of hydrogen-bond donors (Lipinski definition) is 2. The largest absolute Gasteiger partial charge is 0.349 e. The molecule has 0 bridgehead atoms. The fourth-order valence-corrected chi connectivity index (χ4v) is 2.50. The molecule has 134 valence electrons. The molecule has 0 saturated carbocycles. The number of anilines is 2. The second kappa shape index (κ2) is 7.91. The highest BCUT2D eigenvalue weighted by Gasteiger charge is 2.14. The van der Waals surface area contributed by atoms with Crippen molar-refractivity contribution in [1.29, 1.82) is 0 Å². The number of benzene rings is 2. The van der Waals surface area contributed by atoms with Crippen molar-refractivity contribution in [2.24, 2.45) is 5.92 Å². The Morgan fingerprint density at radius 1 is 1.08 bits per heavy atom. The van der Waals surface area contributed by atoms with Gasteiger partial charge in [-0.25, -0.2) is 14.4 Å². The third-order valence-corrected chi connectivity index (χ3v) is 3.92.